The molecule has 0 radical (unpaired) electrons. The SMILES string of the molecule is Cc1ncc2nc(NC(=O)c3ccccc3)sc2c1C. The van der Waals surface area contributed by atoms with Gasteiger partial charge in [0.2, 0.25) is 0 Å². The number of benzene rings is 1. The number of anilines is 1. The van der Waals surface area contributed by atoms with E-state index in [2.05, 4.69) is 15.3 Å². The minimum atomic E-state index is -0.146. The fourth-order valence-electron chi connectivity index (χ4n) is 1.92. The number of aryl methyl sites for hydroxylation is 2. The van der Waals surface area contributed by atoms with Crippen molar-refractivity contribution in [2.24, 2.45) is 0 Å². The molecule has 2 heterocycles. The Hall–Kier alpha value is -2.27. The number of carbonyl (C=O) groups is 1. The van der Waals surface area contributed by atoms with Crippen molar-refractivity contribution in [3.8, 4) is 0 Å². The fourth-order valence-corrected chi connectivity index (χ4v) is 2.90. The van der Waals surface area contributed by atoms with E-state index in [9.17, 15) is 4.79 Å². The maximum atomic E-state index is 12.1. The summed E-state index contributed by atoms with van der Waals surface area (Å²) in [5.74, 6) is -0.146. The highest BCUT2D eigenvalue weighted by atomic mass is 32.1. The average molecular weight is 283 g/mol. The van der Waals surface area contributed by atoms with E-state index in [0.29, 0.717) is 10.7 Å². The smallest absolute Gasteiger partial charge is 0.257 e. The van der Waals surface area contributed by atoms with Gasteiger partial charge in [0.15, 0.2) is 5.13 Å². The number of rotatable bonds is 2. The molecule has 1 aromatic carbocycles. The highest BCUT2D eigenvalue weighted by molar-refractivity contribution is 7.22. The minimum Gasteiger partial charge on any atom is -0.298 e. The molecule has 4 nitrogen and oxygen atoms in total. The first-order chi connectivity index (χ1) is 9.65. The summed E-state index contributed by atoms with van der Waals surface area (Å²) in [6.07, 6.45) is 1.74. The number of hydrogen-bond acceptors (Lipinski definition) is 4. The van der Waals surface area contributed by atoms with Gasteiger partial charge in [0.25, 0.3) is 5.91 Å². The van der Waals surface area contributed by atoms with Crippen LogP contribution >= 0.6 is 11.3 Å². The molecule has 0 bridgehead atoms. The number of amides is 1. The number of hydrogen-bond donors (Lipinski definition) is 1. The lowest BCUT2D eigenvalue weighted by molar-refractivity contribution is 0.102. The molecule has 0 spiro atoms. The first-order valence-corrected chi connectivity index (χ1v) is 7.06. The molecule has 20 heavy (non-hydrogen) atoms. The summed E-state index contributed by atoms with van der Waals surface area (Å²) in [5.41, 5.74) is 3.54. The van der Waals surface area contributed by atoms with E-state index in [1.807, 2.05) is 32.0 Å². The van der Waals surface area contributed by atoms with Crippen molar-refractivity contribution in [3.63, 3.8) is 0 Å². The van der Waals surface area contributed by atoms with Crippen LogP contribution in [0.15, 0.2) is 36.5 Å². The van der Waals surface area contributed by atoms with Crippen LogP contribution in [0.5, 0.6) is 0 Å². The first-order valence-electron chi connectivity index (χ1n) is 6.24. The maximum Gasteiger partial charge on any atom is 0.257 e. The molecule has 2 aromatic heterocycles. The van der Waals surface area contributed by atoms with Gasteiger partial charge in [-0.1, -0.05) is 29.5 Å². The Morgan fingerprint density at radius 2 is 1.95 bits per heavy atom. The van der Waals surface area contributed by atoms with Gasteiger partial charge in [-0.2, -0.15) is 0 Å². The molecule has 0 saturated heterocycles. The van der Waals surface area contributed by atoms with Crippen molar-refractivity contribution in [3.05, 3.63) is 53.3 Å². The molecule has 0 fully saturated rings. The number of pyridine rings is 1. The molecule has 1 N–H and O–H groups in total. The highest BCUT2D eigenvalue weighted by Gasteiger charge is 2.11. The standard InChI is InChI=1S/C15H13N3OS/c1-9-10(2)16-8-12-13(9)20-15(17-12)18-14(19)11-6-4-3-5-7-11/h3-8H,1-2H3,(H,17,18,19). The van der Waals surface area contributed by atoms with E-state index in [0.717, 1.165) is 21.5 Å². The number of nitrogens with one attached hydrogen (secondary N) is 1. The number of aromatic nitrogens is 2. The zero-order chi connectivity index (χ0) is 14.1. The lowest BCUT2D eigenvalue weighted by atomic mass is 10.2. The molecular weight excluding hydrogens is 270 g/mol. The van der Waals surface area contributed by atoms with Crippen molar-refractivity contribution in [2.45, 2.75) is 13.8 Å². The average Bonchev–Trinajstić information content (AvgIpc) is 2.87. The summed E-state index contributed by atoms with van der Waals surface area (Å²) in [6.45, 7) is 3.99. The summed E-state index contributed by atoms with van der Waals surface area (Å²) < 4.78 is 1.07. The molecule has 3 rings (SSSR count). The van der Waals surface area contributed by atoms with E-state index in [1.165, 1.54) is 11.3 Å². The molecule has 0 atom stereocenters. The van der Waals surface area contributed by atoms with Gasteiger partial charge in [0, 0.05) is 11.3 Å². The number of nitrogens with zero attached hydrogens (tertiary/aromatic N) is 2. The molecule has 3 aromatic rings. The molecular formula is C15H13N3OS. The number of carbonyl (C=O) groups excluding carboxylic acids is 1. The van der Waals surface area contributed by atoms with E-state index >= 15 is 0 Å². The fraction of sp³-hybridized carbons (Fsp3) is 0.133. The van der Waals surface area contributed by atoms with E-state index in [1.54, 1.807) is 18.3 Å². The van der Waals surface area contributed by atoms with Crippen LogP contribution < -0.4 is 5.32 Å². The van der Waals surface area contributed by atoms with Gasteiger partial charge in [0.1, 0.15) is 5.52 Å². The van der Waals surface area contributed by atoms with Crippen LogP contribution in [0, 0.1) is 13.8 Å². The summed E-state index contributed by atoms with van der Waals surface area (Å²) >= 11 is 1.48. The molecule has 100 valence electrons. The summed E-state index contributed by atoms with van der Waals surface area (Å²) in [4.78, 5) is 20.8. The van der Waals surface area contributed by atoms with Crippen LogP contribution in [0.4, 0.5) is 5.13 Å². The molecule has 0 saturated carbocycles. The van der Waals surface area contributed by atoms with Crippen LogP contribution in [0.3, 0.4) is 0 Å². The second-order valence-electron chi connectivity index (χ2n) is 4.52. The lowest BCUT2D eigenvalue weighted by Gasteiger charge is -2.00. The summed E-state index contributed by atoms with van der Waals surface area (Å²) in [5, 5.41) is 3.44. The second-order valence-corrected chi connectivity index (χ2v) is 5.52. The van der Waals surface area contributed by atoms with Gasteiger partial charge in [-0.05, 0) is 31.5 Å². The lowest BCUT2D eigenvalue weighted by Crippen LogP contribution is -2.11. The topological polar surface area (TPSA) is 54.9 Å². The molecule has 0 aliphatic rings. The number of fused-ring (bicyclic) bond motifs is 1. The first kappa shape index (κ1) is 12.7. The van der Waals surface area contributed by atoms with Crippen molar-refractivity contribution in [1.82, 2.24) is 9.97 Å². The Morgan fingerprint density at radius 3 is 2.70 bits per heavy atom. The molecule has 5 heteroatoms. The van der Waals surface area contributed by atoms with Crippen LogP contribution in [-0.2, 0) is 0 Å². The molecule has 0 unspecified atom stereocenters. The Balaban J connectivity index is 1.92. The summed E-state index contributed by atoms with van der Waals surface area (Å²) in [7, 11) is 0. The van der Waals surface area contributed by atoms with E-state index < -0.39 is 0 Å². The highest BCUT2D eigenvalue weighted by Crippen LogP contribution is 2.29. The van der Waals surface area contributed by atoms with Crippen molar-refractivity contribution >= 4 is 32.6 Å². The van der Waals surface area contributed by atoms with E-state index in [4.69, 9.17) is 0 Å². The van der Waals surface area contributed by atoms with Gasteiger partial charge in [0.05, 0.1) is 10.9 Å². The Kier molecular flexibility index (Phi) is 3.20. The third-order valence-corrected chi connectivity index (χ3v) is 4.28. The van der Waals surface area contributed by atoms with Gasteiger partial charge in [-0.25, -0.2) is 4.98 Å². The Labute approximate surface area is 120 Å². The minimum absolute atomic E-state index is 0.146. The van der Waals surface area contributed by atoms with Crippen molar-refractivity contribution in [1.29, 1.82) is 0 Å². The quantitative estimate of drug-likeness (QED) is 0.782. The summed E-state index contributed by atoms with van der Waals surface area (Å²) in [6, 6.07) is 9.11. The normalized spacial score (nSPS) is 10.7. The molecule has 1 amide bonds. The monoisotopic (exact) mass is 283 g/mol. The largest absolute Gasteiger partial charge is 0.298 e. The van der Waals surface area contributed by atoms with Gasteiger partial charge >= 0.3 is 0 Å². The molecule has 0 aliphatic carbocycles. The maximum absolute atomic E-state index is 12.1. The number of thiazole rings is 1. The van der Waals surface area contributed by atoms with Crippen LogP contribution in [0.2, 0.25) is 0 Å². The molecule has 0 aliphatic heterocycles. The zero-order valence-electron chi connectivity index (χ0n) is 11.2. The Morgan fingerprint density at radius 1 is 1.20 bits per heavy atom. The third-order valence-electron chi connectivity index (χ3n) is 3.17. The Bertz CT molecular complexity index is 780. The predicted octanol–water partition coefficient (Wildman–Crippen LogP) is 3.56. The second kappa shape index (κ2) is 5.02. The zero-order valence-corrected chi connectivity index (χ0v) is 12.0. The van der Waals surface area contributed by atoms with Gasteiger partial charge < -0.3 is 0 Å². The van der Waals surface area contributed by atoms with Gasteiger partial charge in [-0.15, -0.1) is 0 Å². The van der Waals surface area contributed by atoms with Crippen LogP contribution in [0.25, 0.3) is 10.2 Å². The van der Waals surface area contributed by atoms with Crippen LogP contribution in [-0.4, -0.2) is 15.9 Å². The van der Waals surface area contributed by atoms with E-state index in [-0.39, 0.29) is 5.91 Å². The third kappa shape index (κ3) is 2.28. The predicted molar refractivity (Wildman–Crippen MR) is 81.3 cm³/mol. The van der Waals surface area contributed by atoms with Gasteiger partial charge in [-0.3, -0.25) is 15.1 Å². The van der Waals surface area contributed by atoms with Crippen molar-refractivity contribution in [2.75, 3.05) is 5.32 Å². The van der Waals surface area contributed by atoms with Crippen LogP contribution in [0.1, 0.15) is 21.6 Å². The van der Waals surface area contributed by atoms with Crippen molar-refractivity contribution < 1.29 is 4.79 Å².